The van der Waals surface area contributed by atoms with Crippen LogP contribution in [0.15, 0.2) is 18.2 Å². The predicted octanol–water partition coefficient (Wildman–Crippen LogP) is 5.95. The first-order valence-electron chi connectivity index (χ1n) is 10.1. The number of methoxy groups -OCH3 is 2. The van der Waals surface area contributed by atoms with Crippen LogP contribution in [0.4, 0.5) is 0 Å². The van der Waals surface area contributed by atoms with Gasteiger partial charge in [-0.25, -0.2) is 0 Å². The maximum Gasteiger partial charge on any atom is 0.311 e. The highest BCUT2D eigenvalue weighted by molar-refractivity contribution is 6.00. The summed E-state index contributed by atoms with van der Waals surface area (Å²) in [4.78, 5) is 12.4. The number of phenols is 1. The summed E-state index contributed by atoms with van der Waals surface area (Å²) in [6.07, 6.45) is 5.63. The molecule has 0 aliphatic rings. The molecule has 28 heavy (non-hydrogen) atoms. The van der Waals surface area contributed by atoms with E-state index in [1.165, 1.54) is 27.1 Å². The summed E-state index contributed by atoms with van der Waals surface area (Å²) >= 11 is 0. The fourth-order valence-corrected chi connectivity index (χ4v) is 3.28. The van der Waals surface area contributed by atoms with Crippen molar-refractivity contribution < 1.29 is 24.1 Å². The van der Waals surface area contributed by atoms with Crippen molar-refractivity contribution in [3.63, 3.8) is 0 Å². The predicted molar refractivity (Wildman–Crippen MR) is 112 cm³/mol. The van der Waals surface area contributed by atoms with Gasteiger partial charge in [-0.15, -0.1) is 0 Å². The number of rotatable bonds is 10. The highest BCUT2D eigenvalue weighted by atomic mass is 16.6. The number of benzene rings is 2. The minimum absolute atomic E-state index is 0.0174. The van der Waals surface area contributed by atoms with Gasteiger partial charge in [0.15, 0.2) is 11.5 Å². The number of ether oxygens (including phenoxy) is 3. The lowest BCUT2D eigenvalue weighted by Crippen LogP contribution is -2.09. The van der Waals surface area contributed by atoms with E-state index in [1.54, 1.807) is 0 Å². The molecule has 2 aromatic rings. The Morgan fingerprint density at radius 2 is 1.64 bits per heavy atom. The third-order valence-electron chi connectivity index (χ3n) is 4.95. The number of hydrogen-bond acceptors (Lipinski definition) is 5. The first-order chi connectivity index (χ1) is 13.4. The van der Waals surface area contributed by atoms with Crippen LogP contribution in [0.5, 0.6) is 23.0 Å². The van der Waals surface area contributed by atoms with E-state index >= 15 is 0 Å². The zero-order valence-corrected chi connectivity index (χ0v) is 17.6. The highest BCUT2D eigenvalue weighted by Gasteiger charge is 2.24. The molecule has 0 radical (unpaired) electrons. The van der Waals surface area contributed by atoms with Crippen molar-refractivity contribution in [3.05, 3.63) is 23.8 Å². The summed E-state index contributed by atoms with van der Waals surface area (Å²) in [5.74, 6) is 0.658. The Bertz CT molecular complexity index is 810. The number of carbonyl (C=O) groups excluding carboxylic acids is 1. The second kappa shape index (κ2) is 10.2. The molecule has 0 saturated heterocycles. The molecule has 0 heterocycles. The maximum atomic E-state index is 12.4. The lowest BCUT2D eigenvalue weighted by Gasteiger charge is -2.18. The molecule has 0 atom stereocenters. The van der Waals surface area contributed by atoms with Gasteiger partial charge in [0.1, 0.15) is 0 Å². The zero-order chi connectivity index (χ0) is 20.7. The van der Waals surface area contributed by atoms with E-state index < -0.39 is 0 Å². The van der Waals surface area contributed by atoms with Crippen molar-refractivity contribution >= 4 is 16.7 Å². The van der Waals surface area contributed by atoms with E-state index in [-0.39, 0.29) is 23.2 Å². The number of aromatic hydroxyl groups is 1. The lowest BCUT2D eigenvalue weighted by atomic mass is 9.97. The van der Waals surface area contributed by atoms with Gasteiger partial charge in [0, 0.05) is 17.2 Å². The summed E-state index contributed by atoms with van der Waals surface area (Å²) in [5, 5.41) is 11.9. The molecule has 0 aromatic heterocycles. The van der Waals surface area contributed by atoms with Crippen LogP contribution in [-0.4, -0.2) is 25.3 Å². The second-order valence-electron chi connectivity index (χ2n) is 7.34. The third-order valence-corrected chi connectivity index (χ3v) is 4.95. The lowest BCUT2D eigenvalue weighted by molar-refractivity contribution is -0.134. The van der Waals surface area contributed by atoms with Gasteiger partial charge in [0.25, 0.3) is 0 Å². The smallest absolute Gasteiger partial charge is 0.311 e. The van der Waals surface area contributed by atoms with Crippen LogP contribution < -0.4 is 14.2 Å². The van der Waals surface area contributed by atoms with Crippen molar-refractivity contribution in [1.29, 1.82) is 0 Å². The van der Waals surface area contributed by atoms with Gasteiger partial charge in [0.05, 0.1) is 14.2 Å². The molecule has 0 aliphatic carbocycles. The van der Waals surface area contributed by atoms with Crippen LogP contribution in [0.1, 0.15) is 70.8 Å². The summed E-state index contributed by atoms with van der Waals surface area (Å²) in [7, 11) is 2.92. The van der Waals surface area contributed by atoms with Crippen molar-refractivity contribution in [2.45, 2.75) is 65.2 Å². The first-order valence-corrected chi connectivity index (χ1v) is 10.1. The van der Waals surface area contributed by atoms with Crippen molar-refractivity contribution in [1.82, 2.24) is 0 Å². The quantitative estimate of drug-likeness (QED) is 0.309. The third kappa shape index (κ3) is 4.89. The van der Waals surface area contributed by atoms with Gasteiger partial charge in [-0.1, -0.05) is 58.6 Å². The molecule has 0 amide bonds. The molecule has 0 unspecified atom stereocenters. The summed E-state index contributed by atoms with van der Waals surface area (Å²) in [6, 6.07) is 5.73. The molecule has 0 saturated carbocycles. The molecular weight excluding hydrogens is 356 g/mol. The molecule has 5 heteroatoms. The van der Waals surface area contributed by atoms with Gasteiger partial charge in [-0.2, -0.15) is 0 Å². The number of phenolic OH excluding ortho intramolecular Hbond substituents is 1. The second-order valence-corrected chi connectivity index (χ2v) is 7.34. The molecule has 0 aliphatic heterocycles. The molecule has 1 N–H and O–H groups in total. The molecule has 0 bridgehead atoms. The Morgan fingerprint density at radius 1 is 0.964 bits per heavy atom. The average Bonchev–Trinajstić information content (AvgIpc) is 2.69. The highest BCUT2D eigenvalue weighted by Crippen LogP contribution is 2.51. The Hall–Kier alpha value is -2.43. The zero-order valence-electron chi connectivity index (χ0n) is 17.6. The normalized spacial score (nSPS) is 11.1. The number of carbonyl (C=O) groups is 1. The Kier molecular flexibility index (Phi) is 7.97. The first kappa shape index (κ1) is 21.9. The van der Waals surface area contributed by atoms with Crippen LogP contribution in [-0.2, 0) is 4.79 Å². The largest absolute Gasteiger partial charge is 0.504 e. The van der Waals surface area contributed by atoms with Crippen LogP contribution in [0.2, 0.25) is 0 Å². The van der Waals surface area contributed by atoms with Crippen molar-refractivity contribution in [2.24, 2.45) is 0 Å². The van der Waals surface area contributed by atoms with Gasteiger partial charge in [0.2, 0.25) is 11.5 Å². The van der Waals surface area contributed by atoms with Crippen LogP contribution in [0.3, 0.4) is 0 Å². The van der Waals surface area contributed by atoms with Gasteiger partial charge < -0.3 is 19.3 Å². The van der Waals surface area contributed by atoms with E-state index in [9.17, 15) is 9.90 Å². The summed E-state index contributed by atoms with van der Waals surface area (Å²) in [6.45, 7) is 6.32. The minimum Gasteiger partial charge on any atom is -0.504 e. The number of esters is 1. The fraction of sp³-hybridized carbons (Fsp3) is 0.522. The minimum atomic E-state index is -0.309. The van der Waals surface area contributed by atoms with Gasteiger partial charge >= 0.3 is 5.97 Å². The Balaban J connectivity index is 2.39. The topological polar surface area (TPSA) is 65.0 Å². The summed E-state index contributed by atoms with van der Waals surface area (Å²) < 4.78 is 16.5. The monoisotopic (exact) mass is 388 g/mol. The van der Waals surface area contributed by atoms with E-state index in [0.717, 1.165) is 24.8 Å². The Labute approximate surface area is 167 Å². The fourth-order valence-electron chi connectivity index (χ4n) is 3.28. The molecule has 2 rings (SSSR count). The Morgan fingerprint density at radius 3 is 2.25 bits per heavy atom. The molecule has 0 spiro atoms. The van der Waals surface area contributed by atoms with Crippen molar-refractivity contribution in [2.75, 3.05) is 14.2 Å². The van der Waals surface area contributed by atoms with E-state index in [2.05, 4.69) is 20.8 Å². The van der Waals surface area contributed by atoms with Crippen LogP contribution >= 0.6 is 0 Å². The molecule has 5 nitrogen and oxygen atoms in total. The van der Waals surface area contributed by atoms with Gasteiger partial charge in [-0.3, -0.25) is 4.79 Å². The van der Waals surface area contributed by atoms with Crippen molar-refractivity contribution in [3.8, 4) is 23.0 Å². The number of unbranched alkanes of at least 4 members (excludes halogenated alkanes) is 4. The number of hydrogen-bond donors (Lipinski definition) is 1. The average molecular weight is 389 g/mol. The van der Waals surface area contributed by atoms with E-state index in [0.29, 0.717) is 28.9 Å². The maximum absolute atomic E-state index is 12.4. The molecule has 2 aromatic carbocycles. The van der Waals surface area contributed by atoms with E-state index in [1.807, 2.05) is 18.2 Å². The van der Waals surface area contributed by atoms with Crippen LogP contribution in [0.25, 0.3) is 10.8 Å². The number of fused-ring (bicyclic) bond motifs is 1. The van der Waals surface area contributed by atoms with Gasteiger partial charge in [-0.05, 0) is 24.0 Å². The SMILES string of the molecule is CCCCCCCC(=O)Oc1c(OC)c(OC)c(O)c2cc(C(C)C)ccc12. The molecule has 154 valence electrons. The molecule has 0 fully saturated rings. The van der Waals surface area contributed by atoms with E-state index in [4.69, 9.17) is 14.2 Å². The molecular formula is C23H32O5. The van der Waals surface area contributed by atoms with Crippen LogP contribution in [0, 0.1) is 0 Å². The summed E-state index contributed by atoms with van der Waals surface area (Å²) in [5.41, 5.74) is 1.07. The standard InChI is InChI=1S/C23H32O5/c1-6-7-8-9-10-11-19(24)28-21-17-13-12-16(15(2)3)14-18(17)20(25)22(26-4)23(21)27-5/h12-15,25H,6-11H2,1-5H3.